The van der Waals surface area contributed by atoms with Crippen LogP contribution in [0.5, 0.6) is 5.75 Å². The van der Waals surface area contributed by atoms with Crippen LogP contribution < -0.4 is 4.74 Å². The first-order valence-corrected chi connectivity index (χ1v) is 10.1. The molecule has 1 saturated carbocycles. The molecule has 0 radical (unpaired) electrons. The summed E-state index contributed by atoms with van der Waals surface area (Å²) in [4.78, 5) is 4.47. The van der Waals surface area contributed by atoms with E-state index in [4.69, 9.17) is 16.3 Å². The van der Waals surface area contributed by atoms with Crippen molar-refractivity contribution in [3.05, 3.63) is 93.2 Å². The molecule has 5 heteroatoms. The quantitative estimate of drug-likeness (QED) is 0.566. The summed E-state index contributed by atoms with van der Waals surface area (Å²) >= 11 is 9.66. The molecule has 1 aliphatic carbocycles. The zero-order valence-electron chi connectivity index (χ0n) is 14.4. The van der Waals surface area contributed by atoms with Crippen molar-refractivity contribution >= 4 is 27.5 Å². The van der Waals surface area contributed by atoms with Gasteiger partial charge in [0.25, 0.3) is 0 Å². The molecule has 3 atom stereocenters. The molecule has 5 rings (SSSR count). The number of ether oxygens (including phenoxy) is 1. The normalized spacial score (nSPS) is 28.5. The maximum atomic E-state index is 11.9. The SMILES string of the molecule is O[C@@]12CC[C@@H](c3ccccc3)[C@]1(c1ccc(Br)cc1)Oc1cc(Cl)cnc12. The summed E-state index contributed by atoms with van der Waals surface area (Å²) in [5.41, 5.74) is 0.522. The standard InChI is InChI=1S/C22H17BrClNO2/c23-16-8-6-15(7-9-16)22-18(14-4-2-1-3-5-14)10-11-21(22,26)20-19(27-22)12-17(24)13-25-20/h1-9,12-13,18,26H,10-11H2/t18-,21+,22-/m0/s1. The predicted octanol–water partition coefficient (Wildman–Crippen LogP) is 5.55. The summed E-state index contributed by atoms with van der Waals surface area (Å²) in [5.74, 6) is 0.561. The lowest BCUT2D eigenvalue weighted by atomic mass is 9.73. The Bertz CT molecular complexity index is 1010. The number of benzene rings is 2. The number of halogens is 2. The van der Waals surface area contributed by atoms with Crippen LogP contribution >= 0.6 is 27.5 Å². The largest absolute Gasteiger partial charge is 0.476 e. The number of aromatic nitrogens is 1. The van der Waals surface area contributed by atoms with Crippen LogP contribution in [0.3, 0.4) is 0 Å². The van der Waals surface area contributed by atoms with E-state index in [-0.39, 0.29) is 5.92 Å². The Morgan fingerprint density at radius 1 is 1.11 bits per heavy atom. The molecule has 0 saturated heterocycles. The monoisotopic (exact) mass is 441 g/mol. The zero-order chi connectivity index (χ0) is 18.6. The van der Waals surface area contributed by atoms with Gasteiger partial charge in [0.15, 0.2) is 11.2 Å². The van der Waals surface area contributed by atoms with Crippen molar-refractivity contribution in [3.63, 3.8) is 0 Å². The average molecular weight is 443 g/mol. The Labute approximate surface area is 171 Å². The van der Waals surface area contributed by atoms with Gasteiger partial charge in [0.1, 0.15) is 11.4 Å². The number of nitrogens with zero attached hydrogens (tertiary/aromatic N) is 1. The summed E-state index contributed by atoms with van der Waals surface area (Å²) in [7, 11) is 0. The fourth-order valence-electron chi connectivity index (χ4n) is 4.75. The maximum absolute atomic E-state index is 11.9. The molecule has 2 heterocycles. The summed E-state index contributed by atoms with van der Waals surface area (Å²) in [6.45, 7) is 0. The first-order chi connectivity index (χ1) is 13.0. The van der Waals surface area contributed by atoms with Gasteiger partial charge in [0, 0.05) is 22.7 Å². The second kappa shape index (κ2) is 6.06. The summed E-state index contributed by atoms with van der Waals surface area (Å²) in [6.07, 6.45) is 2.96. The molecule has 27 heavy (non-hydrogen) atoms. The minimum atomic E-state index is -1.21. The van der Waals surface area contributed by atoms with Gasteiger partial charge in [-0.2, -0.15) is 0 Å². The molecule has 1 aromatic heterocycles. The molecule has 0 amide bonds. The lowest BCUT2D eigenvalue weighted by molar-refractivity contribution is -0.107. The molecule has 0 unspecified atom stereocenters. The molecule has 2 aromatic carbocycles. The Balaban J connectivity index is 1.77. The van der Waals surface area contributed by atoms with E-state index in [1.54, 1.807) is 12.3 Å². The number of pyridine rings is 1. The molecule has 0 spiro atoms. The van der Waals surface area contributed by atoms with Crippen LogP contribution in [-0.2, 0) is 11.2 Å². The van der Waals surface area contributed by atoms with Crippen LogP contribution in [0, 0.1) is 0 Å². The highest BCUT2D eigenvalue weighted by molar-refractivity contribution is 9.10. The molecule has 0 bridgehead atoms. The summed E-state index contributed by atoms with van der Waals surface area (Å²) < 4.78 is 7.57. The third-order valence-electron chi connectivity index (χ3n) is 5.86. The second-order valence-electron chi connectivity index (χ2n) is 7.21. The fraction of sp³-hybridized carbons (Fsp3) is 0.227. The molecule has 1 fully saturated rings. The van der Waals surface area contributed by atoms with Gasteiger partial charge < -0.3 is 9.84 Å². The van der Waals surface area contributed by atoms with E-state index >= 15 is 0 Å². The summed E-state index contributed by atoms with van der Waals surface area (Å²) in [5, 5.41) is 12.4. The van der Waals surface area contributed by atoms with Gasteiger partial charge in [0.05, 0.1) is 5.02 Å². The van der Waals surface area contributed by atoms with Crippen molar-refractivity contribution in [2.75, 3.05) is 0 Å². The second-order valence-corrected chi connectivity index (χ2v) is 8.56. The van der Waals surface area contributed by atoms with Crippen molar-refractivity contribution in [2.24, 2.45) is 0 Å². The van der Waals surface area contributed by atoms with Crippen LogP contribution in [0.15, 0.2) is 71.3 Å². The molecule has 1 N–H and O–H groups in total. The molecule has 136 valence electrons. The van der Waals surface area contributed by atoms with E-state index in [0.29, 0.717) is 22.9 Å². The molecule has 1 aliphatic heterocycles. The highest BCUT2D eigenvalue weighted by atomic mass is 79.9. The molecular weight excluding hydrogens is 426 g/mol. The Kier molecular flexibility index (Phi) is 3.87. The molecule has 3 aromatic rings. The van der Waals surface area contributed by atoms with E-state index in [1.165, 1.54) is 0 Å². The van der Waals surface area contributed by atoms with Crippen LogP contribution in [-0.4, -0.2) is 10.1 Å². The van der Waals surface area contributed by atoms with E-state index in [2.05, 4.69) is 33.0 Å². The third-order valence-corrected chi connectivity index (χ3v) is 6.59. The van der Waals surface area contributed by atoms with E-state index < -0.39 is 11.2 Å². The van der Waals surface area contributed by atoms with E-state index in [0.717, 1.165) is 22.0 Å². The number of rotatable bonds is 2. The van der Waals surface area contributed by atoms with E-state index in [1.807, 2.05) is 42.5 Å². The van der Waals surface area contributed by atoms with Crippen molar-refractivity contribution in [3.8, 4) is 5.75 Å². The Morgan fingerprint density at radius 3 is 2.59 bits per heavy atom. The number of hydrogen-bond donors (Lipinski definition) is 1. The van der Waals surface area contributed by atoms with Crippen LogP contribution in [0.4, 0.5) is 0 Å². The molecule has 3 nitrogen and oxygen atoms in total. The highest BCUT2D eigenvalue weighted by Crippen LogP contribution is 2.66. The number of hydrogen-bond acceptors (Lipinski definition) is 3. The van der Waals surface area contributed by atoms with Crippen LogP contribution in [0.25, 0.3) is 0 Å². The van der Waals surface area contributed by atoms with Gasteiger partial charge in [-0.1, -0.05) is 70.0 Å². The minimum absolute atomic E-state index is 0.00199. The van der Waals surface area contributed by atoms with Gasteiger partial charge in [-0.3, -0.25) is 4.98 Å². The van der Waals surface area contributed by atoms with Gasteiger partial charge in [-0.15, -0.1) is 0 Å². The van der Waals surface area contributed by atoms with Crippen molar-refractivity contribution in [2.45, 2.75) is 30.0 Å². The average Bonchev–Trinajstić information content (AvgIpc) is 3.10. The van der Waals surface area contributed by atoms with Gasteiger partial charge >= 0.3 is 0 Å². The van der Waals surface area contributed by atoms with Crippen LogP contribution in [0.2, 0.25) is 5.02 Å². The van der Waals surface area contributed by atoms with Gasteiger partial charge in [0.2, 0.25) is 0 Å². The number of fused-ring (bicyclic) bond motifs is 3. The van der Waals surface area contributed by atoms with Gasteiger partial charge in [-0.05, 0) is 36.1 Å². The van der Waals surface area contributed by atoms with E-state index in [9.17, 15) is 5.11 Å². The first kappa shape index (κ1) is 17.2. The van der Waals surface area contributed by atoms with Gasteiger partial charge in [-0.25, -0.2) is 0 Å². The molecule has 2 aliphatic rings. The van der Waals surface area contributed by atoms with Crippen molar-refractivity contribution in [1.82, 2.24) is 4.98 Å². The maximum Gasteiger partial charge on any atom is 0.175 e. The van der Waals surface area contributed by atoms with Crippen LogP contribution in [0.1, 0.15) is 35.6 Å². The Morgan fingerprint density at radius 2 is 1.85 bits per heavy atom. The third kappa shape index (κ3) is 2.33. The molecular formula is C22H17BrClNO2. The lowest BCUT2D eigenvalue weighted by Crippen LogP contribution is -2.48. The fourth-order valence-corrected chi connectivity index (χ4v) is 5.16. The lowest BCUT2D eigenvalue weighted by Gasteiger charge is -2.39. The van der Waals surface area contributed by atoms with Crippen molar-refractivity contribution < 1.29 is 9.84 Å². The minimum Gasteiger partial charge on any atom is -0.476 e. The first-order valence-electron chi connectivity index (χ1n) is 8.93. The highest BCUT2D eigenvalue weighted by Gasteiger charge is 2.69. The summed E-state index contributed by atoms with van der Waals surface area (Å²) in [6, 6.07) is 20.0. The Hall–Kier alpha value is -1.88. The topological polar surface area (TPSA) is 42.4 Å². The van der Waals surface area contributed by atoms with Crippen molar-refractivity contribution in [1.29, 1.82) is 0 Å². The number of aliphatic hydroxyl groups is 1. The zero-order valence-corrected chi connectivity index (χ0v) is 16.7. The smallest absolute Gasteiger partial charge is 0.175 e. The predicted molar refractivity (Wildman–Crippen MR) is 108 cm³/mol.